The van der Waals surface area contributed by atoms with Crippen LogP contribution in [0.1, 0.15) is 23.2 Å². The minimum atomic E-state index is -3.99. The summed E-state index contributed by atoms with van der Waals surface area (Å²) < 4.78 is 33.3. The number of benzene rings is 2. The van der Waals surface area contributed by atoms with Gasteiger partial charge in [0.1, 0.15) is 10.6 Å². The minimum absolute atomic E-state index is 0.111. The van der Waals surface area contributed by atoms with Gasteiger partial charge in [-0.15, -0.1) is 0 Å². The van der Waals surface area contributed by atoms with Crippen molar-refractivity contribution in [3.05, 3.63) is 64.2 Å². The van der Waals surface area contributed by atoms with Crippen molar-refractivity contribution in [2.24, 2.45) is 0 Å². The van der Waals surface area contributed by atoms with E-state index in [2.05, 4.69) is 4.72 Å². The van der Waals surface area contributed by atoms with Crippen LogP contribution in [0.4, 0.5) is 5.69 Å². The van der Waals surface area contributed by atoms with Gasteiger partial charge in [0.2, 0.25) is 10.0 Å². The standard InChI is InChI=1S/C19H21N3O6S/c1-28-17-12-16(22(24)25)9-10-18(17)29(26,27)20-15-8-5-11-21(13-15)19(23)14-6-3-2-4-7-14/h2-4,6-7,9-10,12,15,20H,5,8,11,13H2,1H3. The molecule has 2 aromatic rings. The van der Waals surface area contributed by atoms with E-state index in [4.69, 9.17) is 4.74 Å². The Morgan fingerprint density at radius 2 is 1.97 bits per heavy atom. The second-order valence-electron chi connectivity index (χ2n) is 6.67. The average molecular weight is 419 g/mol. The van der Waals surface area contributed by atoms with Crippen LogP contribution in [0.5, 0.6) is 5.75 Å². The summed E-state index contributed by atoms with van der Waals surface area (Å²) in [7, 11) is -2.75. The fourth-order valence-electron chi connectivity index (χ4n) is 3.30. The van der Waals surface area contributed by atoms with E-state index in [9.17, 15) is 23.3 Å². The van der Waals surface area contributed by atoms with Crippen LogP contribution in [0.25, 0.3) is 0 Å². The molecule has 10 heteroatoms. The molecule has 1 saturated heterocycles. The average Bonchev–Trinajstić information content (AvgIpc) is 2.73. The number of ether oxygens (including phenoxy) is 1. The summed E-state index contributed by atoms with van der Waals surface area (Å²) in [4.78, 5) is 24.4. The monoisotopic (exact) mass is 419 g/mol. The maximum absolute atomic E-state index is 12.8. The second-order valence-corrected chi connectivity index (χ2v) is 8.35. The van der Waals surface area contributed by atoms with E-state index in [0.29, 0.717) is 24.9 Å². The Balaban J connectivity index is 1.76. The predicted molar refractivity (Wildman–Crippen MR) is 105 cm³/mol. The van der Waals surface area contributed by atoms with E-state index in [-0.39, 0.29) is 28.8 Å². The first-order valence-corrected chi connectivity index (χ1v) is 10.5. The van der Waals surface area contributed by atoms with Gasteiger partial charge < -0.3 is 9.64 Å². The van der Waals surface area contributed by atoms with E-state index in [0.717, 1.165) is 18.2 Å². The van der Waals surface area contributed by atoms with E-state index < -0.39 is 21.0 Å². The molecule has 3 rings (SSSR count). The molecule has 0 radical (unpaired) electrons. The Kier molecular flexibility index (Phi) is 6.14. The lowest BCUT2D eigenvalue weighted by Gasteiger charge is -2.33. The van der Waals surface area contributed by atoms with Crippen molar-refractivity contribution in [3.63, 3.8) is 0 Å². The van der Waals surface area contributed by atoms with Crippen LogP contribution in [0.15, 0.2) is 53.4 Å². The zero-order valence-corrected chi connectivity index (χ0v) is 16.6. The van der Waals surface area contributed by atoms with Crippen LogP contribution in [-0.4, -0.2) is 50.4 Å². The maximum atomic E-state index is 12.8. The molecule has 1 unspecified atom stereocenters. The molecule has 1 aliphatic heterocycles. The summed E-state index contributed by atoms with van der Waals surface area (Å²) in [6.07, 6.45) is 1.23. The number of nitro benzene ring substituents is 1. The van der Waals surface area contributed by atoms with Gasteiger partial charge in [0.25, 0.3) is 11.6 Å². The summed E-state index contributed by atoms with van der Waals surface area (Å²) in [6, 6.07) is 11.7. The van der Waals surface area contributed by atoms with Gasteiger partial charge in [-0.3, -0.25) is 14.9 Å². The van der Waals surface area contributed by atoms with Gasteiger partial charge in [-0.05, 0) is 31.0 Å². The smallest absolute Gasteiger partial charge is 0.273 e. The number of amides is 1. The first kappa shape index (κ1) is 20.7. The van der Waals surface area contributed by atoms with Gasteiger partial charge >= 0.3 is 0 Å². The molecule has 0 saturated carbocycles. The zero-order valence-electron chi connectivity index (χ0n) is 15.8. The highest BCUT2D eigenvalue weighted by Crippen LogP contribution is 2.29. The molecular formula is C19H21N3O6S. The van der Waals surface area contributed by atoms with Crippen LogP contribution >= 0.6 is 0 Å². The van der Waals surface area contributed by atoms with Gasteiger partial charge in [0.15, 0.2) is 0 Å². The first-order chi connectivity index (χ1) is 13.8. The number of piperidine rings is 1. The summed E-state index contributed by atoms with van der Waals surface area (Å²) >= 11 is 0. The van der Waals surface area contributed by atoms with Crippen LogP contribution < -0.4 is 9.46 Å². The molecular weight excluding hydrogens is 398 g/mol. The molecule has 1 atom stereocenters. The molecule has 0 aliphatic carbocycles. The first-order valence-electron chi connectivity index (χ1n) is 9.01. The van der Waals surface area contributed by atoms with Crippen LogP contribution in [0, 0.1) is 10.1 Å². The number of likely N-dealkylation sites (tertiary alicyclic amines) is 1. The lowest BCUT2D eigenvalue weighted by Crippen LogP contribution is -2.49. The van der Waals surface area contributed by atoms with Gasteiger partial charge in [0.05, 0.1) is 18.1 Å². The highest BCUT2D eigenvalue weighted by atomic mass is 32.2. The highest BCUT2D eigenvalue weighted by molar-refractivity contribution is 7.89. The molecule has 1 amide bonds. The largest absolute Gasteiger partial charge is 0.495 e. The molecule has 2 aromatic carbocycles. The quantitative estimate of drug-likeness (QED) is 0.566. The van der Waals surface area contributed by atoms with Crippen molar-refractivity contribution in [1.82, 2.24) is 9.62 Å². The fourth-order valence-corrected chi connectivity index (χ4v) is 4.71. The van der Waals surface area contributed by atoms with Crippen molar-refractivity contribution in [1.29, 1.82) is 0 Å². The second kappa shape index (κ2) is 8.58. The molecule has 1 aliphatic rings. The topological polar surface area (TPSA) is 119 Å². The van der Waals surface area contributed by atoms with Crippen molar-refractivity contribution >= 4 is 21.6 Å². The van der Waals surface area contributed by atoms with Gasteiger partial charge in [-0.25, -0.2) is 13.1 Å². The molecule has 1 fully saturated rings. The van der Waals surface area contributed by atoms with Crippen LogP contribution in [-0.2, 0) is 10.0 Å². The number of non-ortho nitro benzene ring substituents is 1. The minimum Gasteiger partial charge on any atom is -0.495 e. The third kappa shape index (κ3) is 4.72. The number of carbonyl (C=O) groups is 1. The number of rotatable bonds is 6. The molecule has 1 N–H and O–H groups in total. The Morgan fingerprint density at radius 1 is 1.24 bits per heavy atom. The Labute approximate surface area is 168 Å². The van der Waals surface area contributed by atoms with Crippen molar-refractivity contribution in [2.75, 3.05) is 20.2 Å². The number of nitro groups is 1. The van der Waals surface area contributed by atoms with E-state index in [1.54, 1.807) is 29.2 Å². The van der Waals surface area contributed by atoms with Gasteiger partial charge in [-0.2, -0.15) is 0 Å². The van der Waals surface area contributed by atoms with Gasteiger partial charge in [-0.1, -0.05) is 18.2 Å². The number of methoxy groups -OCH3 is 1. The number of hydrogen-bond donors (Lipinski definition) is 1. The normalized spacial score (nSPS) is 17.0. The number of hydrogen-bond acceptors (Lipinski definition) is 6. The zero-order chi connectivity index (χ0) is 21.0. The molecule has 154 valence electrons. The molecule has 0 bridgehead atoms. The summed E-state index contributed by atoms with van der Waals surface area (Å²) in [5.41, 5.74) is 0.283. The third-order valence-corrected chi connectivity index (χ3v) is 6.26. The lowest BCUT2D eigenvalue weighted by atomic mass is 10.1. The van der Waals surface area contributed by atoms with Gasteiger partial charge in [0, 0.05) is 30.8 Å². The molecule has 0 aromatic heterocycles. The van der Waals surface area contributed by atoms with E-state index >= 15 is 0 Å². The molecule has 29 heavy (non-hydrogen) atoms. The Morgan fingerprint density at radius 3 is 2.62 bits per heavy atom. The Hall–Kier alpha value is -2.98. The van der Waals surface area contributed by atoms with E-state index in [1.807, 2.05) is 6.07 Å². The predicted octanol–water partition coefficient (Wildman–Crippen LogP) is 2.19. The lowest BCUT2D eigenvalue weighted by molar-refractivity contribution is -0.385. The van der Waals surface area contributed by atoms with Crippen LogP contribution in [0.2, 0.25) is 0 Å². The third-order valence-electron chi connectivity index (χ3n) is 4.70. The number of nitrogens with one attached hydrogen (secondary N) is 1. The Bertz CT molecular complexity index is 1010. The molecule has 9 nitrogen and oxygen atoms in total. The van der Waals surface area contributed by atoms with E-state index in [1.165, 1.54) is 7.11 Å². The maximum Gasteiger partial charge on any atom is 0.273 e. The highest BCUT2D eigenvalue weighted by Gasteiger charge is 2.30. The fraction of sp³-hybridized carbons (Fsp3) is 0.316. The number of carbonyl (C=O) groups excluding carboxylic acids is 1. The SMILES string of the molecule is COc1cc([N+](=O)[O-])ccc1S(=O)(=O)NC1CCCN(C(=O)c2ccccc2)C1. The summed E-state index contributed by atoms with van der Waals surface area (Å²) in [6.45, 7) is 0.787. The van der Waals surface area contributed by atoms with Crippen molar-refractivity contribution in [3.8, 4) is 5.75 Å². The summed E-state index contributed by atoms with van der Waals surface area (Å²) in [5, 5.41) is 10.9. The number of sulfonamides is 1. The molecule has 1 heterocycles. The van der Waals surface area contributed by atoms with Crippen molar-refractivity contribution in [2.45, 2.75) is 23.8 Å². The number of nitrogens with zero attached hydrogens (tertiary/aromatic N) is 2. The molecule has 0 spiro atoms. The summed E-state index contributed by atoms with van der Waals surface area (Å²) in [5.74, 6) is -0.262. The van der Waals surface area contributed by atoms with Crippen molar-refractivity contribution < 1.29 is 22.9 Å². The van der Waals surface area contributed by atoms with Crippen LogP contribution in [0.3, 0.4) is 0 Å².